The van der Waals surface area contributed by atoms with Crippen molar-refractivity contribution in [3.8, 4) is 16.9 Å². The summed E-state index contributed by atoms with van der Waals surface area (Å²) in [7, 11) is 0. The van der Waals surface area contributed by atoms with Crippen molar-refractivity contribution in [1.82, 2.24) is 19.7 Å². The molecule has 10 heteroatoms. The summed E-state index contributed by atoms with van der Waals surface area (Å²) in [6.45, 7) is 6.88. The lowest BCUT2D eigenvalue weighted by molar-refractivity contribution is -0.147. The van der Waals surface area contributed by atoms with Crippen LogP contribution >= 0.6 is 0 Å². The van der Waals surface area contributed by atoms with Gasteiger partial charge in [0.2, 0.25) is 5.91 Å². The Kier molecular flexibility index (Phi) is 9.15. The summed E-state index contributed by atoms with van der Waals surface area (Å²) < 4.78 is 6.25. The molecule has 10 nitrogen and oxygen atoms in total. The van der Waals surface area contributed by atoms with E-state index in [0.717, 1.165) is 54.6 Å². The SMILES string of the molecule is CC(C)(Oc1cccc(N2CCC[C@@H](C(=O)N(Cc3ccc(-c4ccncc4)cc3)C3CC3)C2)c1)C(=O)N1CCN(C(=O)O)CC1. The minimum atomic E-state index is -1.12. The lowest BCUT2D eigenvalue weighted by Gasteiger charge is -2.38. The van der Waals surface area contributed by atoms with E-state index in [9.17, 15) is 19.5 Å². The number of anilines is 1. The quantitative estimate of drug-likeness (QED) is 0.351. The molecule has 3 fully saturated rings. The number of nitrogens with zero attached hydrogens (tertiary/aromatic N) is 5. The Hall–Kier alpha value is -4.60. The van der Waals surface area contributed by atoms with Gasteiger partial charge in [0, 0.05) is 76.0 Å². The highest BCUT2D eigenvalue weighted by molar-refractivity contribution is 5.85. The molecule has 3 aliphatic rings. The number of carbonyl (C=O) groups excluding carboxylic acids is 2. The Bertz CT molecular complexity index is 1530. The standard InChI is InChI=1S/C36H43N5O5/c1-36(2,34(43)38-19-21-39(22-20-38)35(44)45)46-32-7-3-6-31(23-32)40-18-4-5-29(25-40)33(42)41(30-12-13-30)24-26-8-10-27(11-9-26)28-14-16-37-17-15-28/h3,6-11,14-17,23,29-30H,4-5,12-13,18-22,24-25H2,1-2H3,(H,44,45)/t29-/m1/s1. The number of piperidine rings is 1. The topological polar surface area (TPSA) is 107 Å². The van der Waals surface area contributed by atoms with Crippen LogP contribution in [-0.4, -0.2) is 93.6 Å². The van der Waals surface area contributed by atoms with Crippen LogP contribution in [-0.2, 0) is 16.1 Å². The van der Waals surface area contributed by atoms with Crippen molar-refractivity contribution in [3.63, 3.8) is 0 Å². The molecule has 242 valence electrons. The van der Waals surface area contributed by atoms with Gasteiger partial charge in [0.15, 0.2) is 5.60 Å². The lowest BCUT2D eigenvalue weighted by Crippen LogP contribution is -2.56. The molecule has 0 radical (unpaired) electrons. The second kappa shape index (κ2) is 13.4. The second-order valence-electron chi connectivity index (χ2n) is 13.1. The van der Waals surface area contributed by atoms with Gasteiger partial charge in [-0.3, -0.25) is 14.6 Å². The molecule has 3 aromatic rings. The van der Waals surface area contributed by atoms with E-state index in [4.69, 9.17) is 4.74 Å². The Morgan fingerprint density at radius 1 is 0.891 bits per heavy atom. The minimum Gasteiger partial charge on any atom is -0.478 e. The van der Waals surface area contributed by atoms with Gasteiger partial charge in [-0.25, -0.2) is 4.79 Å². The predicted molar refractivity (Wildman–Crippen MR) is 176 cm³/mol. The number of rotatable bonds is 9. The molecular formula is C36H43N5O5. The number of carboxylic acid groups (broad SMARTS) is 1. The fraction of sp³-hybridized carbons (Fsp3) is 0.444. The molecule has 46 heavy (non-hydrogen) atoms. The van der Waals surface area contributed by atoms with E-state index in [1.165, 1.54) is 4.90 Å². The van der Waals surface area contributed by atoms with Crippen LogP contribution in [0, 0.1) is 5.92 Å². The fourth-order valence-electron chi connectivity index (χ4n) is 6.53. The summed E-state index contributed by atoms with van der Waals surface area (Å²) in [5.74, 6) is 0.562. The molecule has 0 spiro atoms. The van der Waals surface area contributed by atoms with Crippen molar-refractivity contribution in [2.24, 2.45) is 5.92 Å². The summed E-state index contributed by atoms with van der Waals surface area (Å²) in [4.78, 5) is 50.0. The first kappa shape index (κ1) is 31.4. The van der Waals surface area contributed by atoms with Crippen molar-refractivity contribution in [3.05, 3.63) is 78.6 Å². The predicted octanol–water partition coefficient (Wildman–Crippen LogP) is 5.14. The maximum absolute atomic E-state index is 14.0. The fourth-order valence-corrected chi connectivity index (χ4v) is 6.53. The Balaban J connectivity index is 1.08. The van der Waals surface area contributed by atoms with E-state index >= 15 is 0 Å². The third-order valence-electron chi connectivity index (χ3n) is 9.27. The molecule has 1 aliphatic carbocycles. The molecule has 6 rings (SSSR count). The molecule has 2 aliphatic heterocycles. The van der Waals surface area contributed by atoms with Crippen LogP contribution in [0.1, 0.15) is 45.1 Å². The maximum Gasteiger partial charge on any atom is 0.407 e. The molecular weight excluding hydrogens is 582 g/mol. The first-order valence-electron chi connectivity index (χ1n) is 16.3. The van der Waals surface area contributed by atoms with Crippen LogP contribution in [0.4, 0.5) is 10.5 Å². The maximum atomic E-state index is 14.0. The number of hydrogen-bond acceptors (Lipinski definition) is 6. The largest absolute Gasteiger partial charge is 0.478 e. The van der Waals surface area contributed by atoms with Crippen LogP contribution in [0.25, 0.3) is 11.1 Å². The molecule has 1 N–H and O–H groups in total. The molecule has 1 atom stereocenters. The molecule has 3 heterocycles. The number of carbonyl (C=O) groups is 3. The van der Waals surface area contributed by atoms with Crippen LogP contribution in [0.2, 0.25) is 0 Å². The highest BCUT2D eigenvalue weighted by Gasteiger charge is 2.38. The van der Waals surface area contributed by atoms with Gasteiger partial charge < -0.3 is 29.4 Å². The van der Waals surface area contributed by atoms with E-state index in [1.807, 2.05) is 36.4 Å². The number of ether oxygens (including phenoxy) is 1. The molecule has 3 amide bonds. The first-order valence-corrected chi connectivity index (χ1v) is 16.3. The van der Waals surface area contributed by atoms with E-state index in [-0.39, 0.29) is 30.8 Å². The van der Waals surface area contributed by atoms with Gasteiger partial charge in [-0.05, 0) is 80.5 Å². The van der Waals surface area contributed by atoms with E-state index in [0.29, 0.717) is 38.0 Å². The Morgan fingerprint density at radius 3 is 2.24 bits per heavy atom. The van der Waals surface area contributed by atoms with Crippen LogP contribution in [0.5, 0.6) is 5.75 Å². The third-order valence-corrected chi connectivity index (χ3v) is 9.27. The Labute approximate surface area is 270 Å². The second-order valence-corrected chi connectivity index (χ2v) is 13.1. The van der Waals surface area contributed by atoms with Crippen molar-refractivity contribution in [2.45, 2.75) is 57.7 Å². The van der Waals surface area contributed by atoms with Gasteiger partial charge in [0.1, 0.15) is 5.75 Å². The highest BCUT2D eigenvalue weighted by Crippen LogP contribution is 2.34. The zero-order chi connectivity index (χ0) is 32.3. The number of hydrogen-bond donors (Lipinski definition) is 1. The number of piperazine rings is 1. The Morgan fingerprint density at radius 2 is 1.57 bits per heavy atom. The zero-order valence-electron chi connectivity index (χ0n) is 26.7. The summed E-state index contributed by atoms with van der Waals surface area (Å²) in [5, 5.41) is 9.22. The molecule has 2 aromatic carbocycles. The van der Waals surface area contributed by atoms with Crippen LogP contribution in [0.3, 0.4) is 0 Å². The highest BCUT2D eigenvalue weighted by atomic mass is 16.5. The molecule has 1 saturated carbocycles. The smallest absolute Gasteiger partial charge is 0.407 e. The normalized spacial score (nSPS) is 18.7. The van der Waals surface area contributed by atoms with Crippen molar-refractivity contribution >= 4 is 23.6 Å². The molecule has 2 saturated heterocycles. The van der Waals surface area contributed by atoms with E-state index in [2.05, 4.69) is 39.0 Å². The summed E-state index contributed by atoms with van der Waals surface area (Å²) in [6, 6.07) is 20.5. The first-order chi connectivity index (χ1) is 22.2. The van der Waals surface area contributed by atoms with Gasteiger partial charge in [-0.15, -0.1) is 0 Å². The minimum absolute atomic E-state index is 0.0856. The van der Waals surface area contributed by atoms with E-state index in [1.54, 1.807) is 31.1 Å². The lowest BCUT2D eigenvalue weighted by atomic mass is 9.95. The summed E-state index contributed by atoms with van der Waals surface area (Å²) >= 11 is 0. The number of benzene rings is 2. The van der Waals surface area contributed by atoms with Crippen molar-refractivity contribution in [1.29, 1.82) is 0 Å². The van der Waals surface area contributed by atoms with Gasteiger partial charge in [-0.2, -0.15) is 0 Å². The van der Waals surface area contributed by atoms with Crippen LogP contribution in [0.15, 0.2) is 73.1 Å². The van der Waals surface area contributed by atoms with E-state index < -0.39 is 11.7 Å². The number of amides is 3. The van der Waals surface area contributed by atoms with Crippen LogP contribution < -0.4 is 9.64 Å². The number of aromatic nitrogens is 1. The molecule has 0 unspecified atom stereocenters. The number of pyridine rings is 1. The molecule has 1 aromatic heterocycles. The van der Waals surface area contributed by atoms with Gasteiger partial charge in [-0.1, -0.05) is 30.3 Å². The summed E-state index contributed by atoms with van der Waals surface area (Å²) in [6.07, 6.45) is 6.53. The average molecular weight is 626 g/mol. The zero-order valence-corrected chi connectivity index (χ0v) is 26.7. The third kappa shape index (κ3) is 7.27. The van der Waals surface area contributed by atoms with Gasteiger partial charge in [0.25, 0.3) is 5.91 Å². The van der Waals surface area contributed by atoms with Crippen molar-refractivity contribution < 1.29 is 24.2 Å². The van der Waals surface area contributed by atoms with Crippen molar-refractivity contribution in [2.75, 3.05) is 44.2 Å². The van der Waals surface area contributed by atoms with Gasteiger partial charge in [0.05, 0.1) is 5.92 Å². The average Bonchev–Trinajstić information content (AvgIpc) is 3.93. The molecule has 0 bridgehead atoms. The summed E-state index contributed by atoms with van der Waals surface area (Å²) in [5.41, 5.74) is 3.25. The monoisotopic (exact) mass is 625 g/mol. The van der Waals surface area contributed by atoms with Gasteiger partial charge >= 0.3 is 6.09 Å².